The SMILES string of the molecule is CSCC[C@H](NC(=O)[C@@H](N)CCC(N)=O)C(=O)NCC(=O)O. The van der Waals surface area contributed by atoms with Crippen molar-refractivity contribution in [2.24, 2.45) is 11.5 Å². The molecule has 0 saturated carbocycles. The largest absolute Gasteiger partial charge is 0.480 e. The van der Waals surface area contributed by atoms with E-state index in [4.69, 9.17) is 16.6 Å². The van der Waals surface area contributed by atoms with E-state index in [1.165, 1.54) is 11.8 Å². The molecular formula is C12H22N4O5S. The Labute approximate surface area is 132 Å². The van der Waals surface area contributed by atoms with E-state index in [9.17, 15) is 19.2 Å². The van der Waals surface area contributed by atoms with Crippen LogP contribution >= 0.6 is 11.8 Å². The maximum absolute atomic E-state index is 11.9. The molecule has 0 aromatic carbocycles. The van der Waals surface area contributed by atoms with Crippen LogP contribution in [0.1, 0.15) is 19.3 Å². The van der Waals surface area contributed by atoms with E-state index in [1.54, 1.807) is 0 Å². The molecule has 3 amide bonds. The number of carboxylic acid groups (broad SMARTS) is 1. The van der Waals surface area contributed by atoms with Gasteiger partial charge in [-0.15, -0.1) is 0 Å². The summed E-state index contributed by atoms with van der Waals surface area (Å²) in [5.41, 5.74) is 10.6. The number of carbonyl (C=O) groups is 4. The summed E-state index contributed by atoms with van der Waals surface area (Å²) in [5, 5.41) is 13.2. The van der Waals surface area contributed by atoms with Gasteiger partial charge in [-0.1, -0.05) is 0 Å². The van der Waals surface area contributed by atoms with Gasteiger partial charge < -0.3 is 27.2 Å². The van der Waals surface area contributed by atoms with E-state index in [2.05, 4.69) is 10.6 Å². The minimum atomic E-state index is -1.18. The Balaban J connectivity index is 4.54. The van der Waals surface area contributed by atoms with Crippen LogP contribution in [0.2, 0.25) is 0 Å². The second kappa shape index (κ2) is 10.9. The molecule has 0 aromatic heterocycles. The highest BCUT2D eigenvalue weighted by molar-refractivity contribution is 7.98. The summed E-state index contributed by atoms with van der Waals surface area (Å²) in [4.78, 5) is 44.9. The third kappa shape index (κ3) is 9.19. The molecule has 0 aromatic rings. The molecule has 10 heteroatoms. The zero-order valence-electron chi connectivity index (χ0n) is 12.3. The molecule has 0 saturated heterocycles. The summed E-state index contributed by atoms with van der Waals surface area (Å²) in [7, 11) is 0. The van der Waals surface area contributed by atoms with E-state index in [0.717, 1.165) is 0 Å². The van der Waals surface area contributed by atoms with Crippen molar-refractivity contribution in [2.45, 2.75) is 31.3 Å². The summed E-state index contributed by atoms with van der Waals surface area (Å²) in [6, 6.07) is -1.84. The zero-order chi connectivity index (χ0) is 17.1. The van der Waals surface area contributed by atoms with Gasteiger partial charge in [-0.2, -0.15) is 11.8 Å². The molecule has 0 aliphatic rings. The molecule has 0 aliphatic carbocycles. The molecule has 0 aliphatic heterocycles. The van der Waals surface area contributed by atoms with Gasteiger partial charge in [-0.3, -0.25) is 19.2 Å². The molecule has 0 rings (SSSR count). The fraction of sp³-hybridized carbons (Fsp3) is 0.667. The lowest BCUT2D eigenvalue weighted by atomic mass is 10.1. The highest BCUT2D eigenvalue weighted by atomic mass is 32.2. The van der Waals surface area contributed by atoms with Gasteiger partial charge in [-0.05, 0) is 24.9 Å². The highest BCUT2D eigenvalue weighted by Crippen LogP contribution is 2.03. The van der Waals surface area contributed by atoms with Gasteiger partial charge in [0.25, 0.3) is 0 Å². The third-order valence-corrected chi connectivity index (χ3v) is 3.34. The number of aliphatic carboxylic acids is 1. The van der Waals surface area contributed by atoms with Crippen molar-refractivity contribution in [3.63, 3.8) is 0 Å². The van der Waals surface area contributed by atoms with E-state index < -0.39 is 42.3 Å². The summed E-state index contributed by atoms with van der Waals surface area (Å²) in [6.45, 7) is -0.530. The van der Waals surface area contributed by atoms with Crippen LogP contribution in [0.4, 0.5) is 0 Å². The Morgan fingerprint density at radius 2 is 1.82 bits per heavy atom. The fourth-order valence-electron chi connectivity index (χ4n) is 1.50. The second-order valence-electron chi connectivity index (χ2n) is 4.57. The van der Waals surface area contributed by atoms with Crippen molar-refractivity contribution >= 4 is 35.5 Å². The molecule has 0 unspecified atom stereocenters. The molecule has 0 heterocycles. The van der Waals surface area contributed by atoms with Crippen LogP contribution in [0, 0.1) is 0 Å². The van der Waals surface area contributed by atoms with Crippen LogP contribution in [-0.4, -0.2) is 59.4 Å². The summed E-state index contributed by atoms with van der Waals surface area (Å²) >= 11 is 1.48. The maximum Gasteiger partial charge on any atom is 0.322 e. The van der Waals surface area contributed by atoms with Gasteiger partial charge in [-0.25, -0.2) is 0 Å². The average molecular weight is 334 g/mol. The first-order valence-corrected chi connectivity index (χ1v) is 8.00. The predicted octanol–water partition coefficient (Wildman–Crippen LogP) is -1.98. The van der Waals surface area contributed by atoms with E-state index in [1.807, 2.05) is 6.26 Å². The Kier molecular flexibility index (Phi) is 9.96. The Bertz CT molecular complexity index is 418. The van der Waals surface area contributed by atoms with Crippen LogP contribution in [-0.2, 0) is 19.2 Å². The quantitative estimate of drug-likeness (QED) is 0.292. The molecule has 0 spiro atoms. The van der Waals surface area contributed by atoms with Crippen molar-refractivity contribution in [1.82, 2.24) is 10.6 Å². The molecule has 126 valence electrons. The Hall–Kier alpha value is -1.81. The van der Waals surface area contributed by atoms with Gasteiger partial charge >= 0.3 is 5.97 Å². The normalized spacial score (nSPS) is 13.0. The fourth-order valence-corrected chi connectivity index (χ4v) is 1.97. The van der Waals surface area contributed by atoms with Crippen molar-refractivity contribution < 1.29 is 24.3 Å². The van der Waals surface area contributed by atoms with Gasteiger partial charge in [0.1, 0.15) is 12.6 Å². The first kappa shape index (κ1) is 20.2. The molecule has 7 N–H and O–H groups in total. The lowest BCUT2D eigenvalue weighted by Crippen LogP contribution is -2.52. The van der Waals surface area contributed by atoms with E-state index in [-0.39, 0.29) is 12.8 Å². The number of nitrogens with one attached hydrogen (secondary N) is 2. The Morgan fingerprint density at radius 1 is 1.18 bits per heavy atom. The number of rotatable bonds is 11. The van der Waals surface area contributed by atoms with Crippen molar-refractivity contribution in [3.05, 3.63) is 0 Å². The molecule has 22 heavy (non-hydrogen) atoms. The zero-order valence-corrected chi connectivity index (χ0v) is 13.1. The first-order chi connectivity index (χ1) is 10.3. The molecule has 9 nitrogen and oxygen atoms in total. The number of primary amides is 1. The van der Waals surface area contributed by atoms with Crippen molar-refractivity contribution in [1.29, 1.82) is 0 Å². The standard InChI is InChI=1S/C12H22N4O5S/c1-22-5-4-8(12(21)15-6-10(18)19)16-11(20)7(13)2-3-9(14)17/h7-8H,2-6,13H2,1H3,(H2,14,17)(H,15,21)(H,16,20)(H,18,19)/t7-,8-/m0/s1. The van der Waals surface area contributed by atoms with Gasteiger partial charge in [0.2, 0.25) is 17.7 Å². The molecular weight excluding hydrogens is 312 g/mol. The van der Waals surface area contributed by atoms with Crippen LogP contribution in [0.3, 0.4) is 0 Å². The first-order valence-electron chi connectivity index (χ1n) is 6.60. The van der Waals surface area contributed by atoms with Gasteiger partial charge in [0.15, 0.2) is 0 Å². The second-order valence-corrected chi connectivity index (χ2v) is 5.55. The number of carboxylic acids is 1. The molecule has 0 bridgehead atoms. The molecule has 0 radical (unpaired) electrons. The summed E-state index contributed by atoms with van der Waals surface area (Å²) in [5.74, 6) is -2.32. The minimum Gasteiger partial charge on any atom is -0.480 e. The van der Waals surface area contributed by atoms with Crippen LogP contribution in [0.5, 0.6) is 0 Å². The van der Waals surface area contributed by atoms with Gasteiger partial charge in [0.05, 0.1) is 6.04 Å². The van der Waals surface area contributed by atoms with Gasteiger partial charge in [0, 0.05) is 6.42 Å². The number of nitrogens with two attached hydrogens (primary N) is 2. The maximum atomic E-state index is 11.9. The van der Waals surface area contributed by atoms with Crippen LogP contribution < -0.4 is 22.1 Å². The lowest BCUT2D eigenvalue weighted by Gasteiger charge is -2.20. The molecule has 0 fully saturated rings. The van der Waals surface area contributed by atoms with E-state index >= 15 is 0 Å². The van der Waals surface area contributed by atoms with E-state index in [0.29, 0.717) is 12.2 Å². The minimum absolute atomic E-state index is 0.0325. The summed E-state index contributed by atoms with van der Waals surface area (Å²) in [6.07, 6.45) is 2.22. The monoisotopic (exact) mass is 334 g/mol. The number of thioether (sulfide) groups is 1. The topological polar surface area (TPSA) is 165 Å². The van der Waals surface area contributed by atoms with Crippen molar-refractivity contribution in [2.75, 3.05) is 18.6 Å². The van der Waals surface area contributed by atoms with Crippen molar-refractivity contribution in [3.8, 4) is 0 Å². The van der Waals surface area contributed by atoms with Crippen LogP contribution in [0.15, 0.2) is 0 Å². The average Bonchev–Trinajstić information content (AvgIpc) is 2.45. The number of hydrogen-bond donors (Lipinski definition) is 5. The highest BCUT2D eigenvalue weighted by Gasteiger charge is 2.23. The number of hydrogen-bond acceptors (Lipinski definition) is 6. The third-order valence-electron chi connectivity index (χ3n) is 2.70. The predicted molar refractivity (Wildman–Crippen MR) is 82.0 cm³/mol. The lowest BCUT2D eigenvalue weighted by molar-refractivity contribution is -0.138. The van der Waals surface area contributed by atoms with Crippen LogP contribution in [0.25, 0.3) is 0 Å². The summed E-state index contributed by atoms with van der Waals surface area (Å²) < 4.78 is 0. The smallest absolute Gasteiger partial charge is 0.322 e. The Morgan fingerprint density at radius 3 is 2.32 bits per heavy atom. The molecule has 2 atom stereocenters. The number of carbonyl (C=O) groups excluding carboxylic acids is 3. The number of amides is 3.